The number of nitrogens with zero attached hydrogens (tertiary/aromatic N) is 3. The van der Waals surface area contributed by atoms with Gasteiger partial charge in [0, 0.05) is 6.61 Å². The van der Waals surface area contributed by atoms with E-state index in [-0.39, 0.29) is 6.10 Å². The van der Waals surface area contributed by atoms with Crippen LogP contribution in [0.1, 0.15) is 37.0 Å². The lowest BCUT2D eigenvalue weighted by Crippen LogP contribution is -2.23. The van der Waals surface area contributed by atoms with Crippen molar-refractivity contribution in [1.29, 1.82) is 0 Å². The van der Waals surface area contributed by atoms with Gasteiger partial charge in [-0.3, -0.25) is 0 Å². The number of aromatic amines is 1. The van der Waals surface area contributed by atoms with Crippen molar-refractivity contribution in [1.82, 2.24) is 25.4 Å². The minimum absolute atomic E-state index is 0.0597. The summed E-state index contributed by atoms with van der Waals surface area (Å²) >= 11 is 0. The van der Waals surface area contributed by atoms with Crippen LogP contribution in [-0.2, 0) is 11.3 Å². The monoisotopic (exact) mass is 314 g/mol. The molecule has 1 unspecified atom stereocenters. The molecule has 8 heteroatoms. The Morgan fingerprint density at radius 2 is 2.30 bits per heavy atom. The summed E-state index contributed by atoms with van der Waals surface area (Å²) in [6.45, 7) is 1.30. The van der Waals surface area contributed by atoms with Crippen molar-refractivity contribution >= 4 is 17.0 Å². The third kappa shape index (κ3) is 3.03. The molecule has 1 aliphatic rings. The first kappa shape index (κ1) is 14.2. The van der Waals surface area contributed by atoms with Crippen LogP contribution in [-0.4, -0.2) is 26.5 Å². The zero-order chi connectivity index (χ0) is 15.5. The summed E-state index contributed by atoms with van der Waals surface area (Å²) in [6, 6.07) is 3.76. The van der Waals surface area contributed by atoms with E-state index in [1.807, 2.05) is 12.1 Å². The summed E-state index contributed by atoms with van der Waals surface area (Å²) in [5, 5.41) is 0. The molecule has 1 aliphatic heterocycles. The van der Waals surface area contributed by atoms with E-state index in [9.17, 15) is 0 Å². The first-order chi connectivity index (χ1) is 11.4. The second-order valence-electron chi connectivity index (χ2n) is 5.44. The smallest absolute Gasteiger partial charge is 0.183 e. The highest BCUT2D eigenvalue weighted by atomic mass is 16.5. The van der Waals surface area contributed by atoms with E-state index in [0.717, 1.165) is 37.1 Å². The van der Waals surface area contributed by atoms with Crippen LogP contribution in [0.4, 0.5) is 5.82 Å². The summed E-state index contributed by atoms with van der Waals surface area (Å²) in [4.78, 5) is 16.4. The van der Waals surface area contributed by atoms with Crippen LogP contribution < -0.4 is 10.9 Å². The topological polar surface area (TPSA) is 101 Å². The number of anilines is 1. The molecular weight excluding hydrogens is 296 g/mol. The van der Waals surface area contributed by atoms with Crippen LogP contribution in [0.15, 0.2) is 29.1 Å². The SMILES string of the molecule is c1coc(CNNc2nc(C3CCCCO3)nc3nc[nH]c23)c1. The number of H-pyrrole nitrogens is 1. The van der Waals surface area contributed by atoms with Gasteiger partial charge in [0.05, 0.1) is 19.1 Å². The first-order valence-electron chi connectivity index (χ1n) is 7.74. The lowest BCUT2D eigenvalue weighted by atomic mass is 10.1. The number of furan rings is 1. The van der Waals surface area contributed by atoms with Gasteiger partial charge < -0.3 is 19.6 Å². The second-order valence-corrected chi connectivity index (χ2v) is 5.44. The van der Waals surface area contributed by atoms with Crippen molar-refractivity contribution in [2.45, 2.75) is 31.9 Å². The molecule has 0 spiro atoms. The van der Waals surface area contributed by atoms with E-state index in [4.69, 9.17) is 9.15 Å². The quantitative estimate of drug-likeness (QED) is 0.621. The van der Waals surface area contributed by atoms with Crippen molar-refractivity contribution in [2.24, 2.45) is 0 Å². The molecule has 3 N–H and O–H groups in total. The number of rotatable bonds is 5. The maximum absolute atomic E-state index is 5.78. The Bertz CT molecular complexity index is 763. The van der Waals surface area contributed by atoms with Crippen molar-refractivity contribution in [3.8, 4) is 0 Å². The Labute approximate surface area is 132 Å². The number of hydrazine groups is 1. The van der Waals surface area contributed by atoms with Crippen LogP contribution in [0.5, 0.6) is 0 Å². The van der Waals surface area contributed by atoms with Crippen molar-refractivity contribution in [3.05, 3.63) is 36.3 Å². The molecule has 3 aromatic rings. The number of fused-ring (bicyclic) bond motifs is 1. The number of hydrogen-bond acceptors (Lipinski definition) is 7. The van der Waals surface area contributed by atoms with Crippen LogP contribution in [0.3, 0.4) is 0 Å². The van der Waals surface area contributed by atoms with E-state index < -0.39 is 0 Å². The number of ether oxygens (including phenoxy) is 1. The Kier molecular flexibility index (Phi) is 3.91. The minimum atomic E-state index is -0.0597. The van der Waals surface area contributed by atoms with Crippen LogP contribution in [0.25, 0.3) is 11.2 Å². The van der Waals surface area contributed by atoms with Gasteiger partial charge in [-0.15, -0.1) is 0 Å². The third-order valence-electron chi connectivity index (χ3n) is 3.82. The summed E-state index contributed by atoms with van der Waals surface area (Å²) < 4.78 is 11.1. The molecular formula is C15H18N6O2. The molecule has 120 valence electrons. The zero-order valence-corrected chi connectivity index (χ0v) is 12.6. The fourth-order valence-electron chi connectivity index (χ4n) is 2.66. The zero-order valence-electron chi connectivity index (χ0n) is 12.6. The van der Waals surface area contributed by atoms with E-state index >= 15 is 0 Å². The number of hydrogen-bond donors (Lipinski definition) is 3. The minimum Gasteiger partial charge on any atom is -0.468 e. The Morgan fingerprint density at radius 3 is 3.13 bits per heavy atom. The molecule has 23 heavy (non-hydrogen) atoms. The summed E-state index contributed by atoms with van der Waals surface area (Å²) in [7, 11) is 0. The average Bonchev–Trinajstić information content (AvgIpc) is 3.26. The van der Waals surface area contributed by atoms with Crippen LogP contribution >= 0.6 is 0 Å². The largest absolute Gasteiger partial charge is 0.468 e. The molecule has 3 aromatic heterocycles. The predicted molar refractivity (Wildman–Crippen MR) is 83.4 cm³/mol. The Morgan fingerprint density at radius 1 is 1.30 bits per heavy atom. The van der Waals surface area contributed by atoms with Gasteiger partial charge in [-0.2, -0.15) is 0 Å². The molecule has 0 aromatic carbocycles. The van der Waals surface area contributed by atoms with Crippen LogP contribution in [0, 0.1) is 0 Å². The first-order valence-corrected chi connectivity index (χ1v) is 7.74. The standard InChI is InChI=1S/C15H18N6O2/c1-2-6-23-11(5-1)13-19-14-12(16-9-17-14)15(20-13)21-18-8-10-4-3-7-22-10/h3-4,7,9,11,18H,1-2,5-6,8H2,(H2,16,17,19,20,21). The van der Waals surface area contributed by atoms with Gasteiger partial charge in [-0.25, -0.2) is 20.4 Å². The van der Waals surface area contributed by atoms with Gasteiger partial charge in [0.25, 0.3) is 0 Å². The molecule has 1 atom stereocenters. The van der Waals surface area contributed by atoms with Gasteiger partial charge in [0.2, 0.25) is 0 Å². The second kappa shape index (κ2) is 6.35. The molecule has 4 rings (SSSR count). The lowest BCUT2D eigenvalue weighted by molar-refractivity contribution is 0.00971. The molecule has 0 bridgehead atoms. The summed E-state index contributed by atoms with van der Waals surface area (Å²) in [6.07, 6.45) is 6.37. The van der Waals surface area contributed by atoms with E-state index in [0.29, 0.717) is 23.8 Å². The molecule has 0 aliphatic carbocycles. The normalized spacial score (nSPS) is 18.3. The number of aromatic nitrogens is 4. The van der Waals surface area contributed by atoms with Gasteiger partial charge in [-0.1, -0.05) is 0 Å². The highest BCUT2D eigenvalue weighted by Crippen LogP contribution is 2.27. The van der Waals surface area contributed by atoms with Crippen molar-refractivity contribution < 1.29 is 9.15 Å². The van der Waals surface area contributed by atoms with Gasteiger partial charge >= 0.3 is 0 Å². The van der Waals surface area contributed by atoms with Crippen molar-refractivity contribution in [3.63, 3.8) is 0 Å². The highest BCUT2D eigenvalue weighted by Gasteiger charge is 2.21. The van der Waals surface area contributed by atoms with Crippen LogP contribution in [0.2, 0.25) is 0 Å². The Hall–Kier alpha value is -2.45. The summed E-state index contributed by atoms with van der Waals surface area (Å²) in [5.74, 6) is 2.16. The molecule has 1 fully saturated rings. The number of nitrogens with one attached hydrogen (secondary N) is 3. The maximum Gasteiger partial charge on any atom is 0.183 e. The fourth-order valence-corrected chi connectivity index (χ4v) is 2.66. The van der Waals surface area contributed by atoms with E-state index in [1.165, 1.54) is 0 Å². The lowest BCUT2D eigenvalue weighted by Gasteiger charge is -2.21. The van der Waals surface area contributed by atoms with Gasteiger partial charge in [0.15, 0.2) is 17.3 Å². The predicted octanol–water partition coefficient (Wildman–Crippen LogP) is 2.30. The van der Waals surface area contributed by atoms with Gasteiger partial charge in [-0.05, 0) is 31.4 Å². The highest BCUT2D eigenvalue weighted by molar-refractivity contribution is 5.82. The molecule has 0 amide bonds. The number of imidazole rings is 1. The summed E-state index contributed by atoms with van der Waals surface area (Å²) in [5.41, 5.74) is 7.59. The van der Waals surface area contributed by atoms with E-state index in [1.54, 1.807) is 12.6 Å². The van der Waals surface area contributed by atoms with E-state index in [2.05, 4.69) is 30.8 Å². The third-order valence-corrected chi connectivity index (χ3v) is 3.82. The molecule has 0 saturated carbocycles. The van der Waals surface area contributed by atoms with Gasteiger partial charge in [0.1, 0.15) is 17.4 Å². The molecule has 4 heterocycles. The van der Waals surface area contributed by atoms with Crippen molar-refractivity contribution in [2.75, 3.05) is 12.0 Å². The molecule has 0 radical (unpaired) electrons. The molecule has 1 saturated heterocycles. The average molecular weight is 314 g/mol. The Balaban J connectivity index is 1.55. The fraction of sp³-hybridized carbons (Fsp3) is 0.400. The molecule has 8 nitrogen and oxygen atoms in total. The maximum atomic E-state index is 5.78.